The third-order valence-corrected chi connectivity index (χ3v) is 5.40. The Morgan fingerprint density at radius 2 is 1.87 bits per heavy atom. The van der Waals surface area contributed by atoms with Gasteiger partial charge >= 0.3 is 6.18 Å². The van der Waals surface area contributed by atoms with Crippen molar-refractivity contribution in [3.8, 4) is 0 Å². The summed E-state index contributed by atoms with van der Waals surface area (Å²) in [4.78, 5) is 14.7. The topological polar surface area (TPSA) is 66.8 Å². The van der Waals surface area contributed by atoms with E-state index in [0.717, 1.165) is 6.07 Å². The Labute approximate surface area is 178 Å². The third kappa shape index (κ3) is 3.62. The first kappa shape index (κ1) is 21.1. The number of nitrogens with one attached hydrogen (secondary N) is 1. The van der Waals surface area contributed by atoms with E-state index in [2.05, 4.69) is 15.3 Å². The van der Waals surface area contributed by atoms with Crippen LogP contribution in [0.1, 0.15) is 72.7 Å². The first-order chi connectivity index (χ1) is 14.6. The number of anilines is 1. The maximum absolute atomic E-state index is 13.9. The van der Waals surface area contributed by atoms with Crippen molar-refractivity contribution >= 4 is 11.6 Å². The van der Waals surface area contributed by atoms with Gasteiger partial charge in [-0.05, 0) is 37.8 Å². The molecule has 164 valence electrons. The molecule has 1 aliphatic heterocycles. The molecule has 0 fully saturated rings. The highest BCUT2D eigenvalue weighted by atomic mass is 19.4. The van der Waals surface area contributed by atoms with Gasteiger partial charge in [0.15, 0.2) is 5.69 Å². The van der Waals surface area contributed by atoms with Crippen LogP contribution in [0.4, 0.5) is 18.9 Å². The summed E-state index contributed by atoms with van der Waals surface area (Å²) in [6.07, 6.45) is -0.792. The second-order valence-corrected chi connectivity index (χ2v) is 8.50. The molecule has 31 heavy (non-hydrogen) atoms. The predicted molar refractivity (Wildman–Crippen MR) is 110 cm³/mol. The minimum atomic E-state index is -4.56. The molecule has 0 spiro atoms. The molecule has 1 amide bonds. The van der Waals surface area contributed by atoms with Gasteiger partial charge in [0.05, 0.1) is 23.5 Å². The number of hydrogen-bond donors (Lipinski definition) is 1. The van der Waals surface area contributed by atoms with Gasteiger partial charge in [-0.15, -0.1) is 0 Å². The van der Waals surface area contributed by atoms with Gasteiger partial charge < -0.3 is 0 Å². The standard InChI is InChI=1S/C22H24F3N5O/c1-12(2)9-17-18-19(28-27-17)21(31)30(14-10-26-29(11-14)13(3)4)20(18)15-7-5-6-8-16(15)22(23,24)25/h5-8,10-13,20H,9H2,1-4H3,(H,27,28). The van der Waals surface area contributed by atoms with Crippen molar-refractivity contribution < 1.29 is 18.0 Å². The number of nitrogens with zero attached hydrogens (tertiary/aromatic N) is 4. The molecular weight excluding hydrogens is 407 g/mol. The lowest BCUT2D eigenvalue weighted by Gasteiger charge is -2.27. The molecule has 1 atom stereocenters. The zero-order chi connectivity index (χ0) is 22.5. The molecule has 1 aromatic carbocycles. The van der Waals surface area contributed by atoms with Gasteiger partial charge in [0.2, 0.25) is 0 Å². The molecule has 2 aromatic heterocycles. The molecule has 0 aliphatic carbocycles. The molecular formula is C22H24F3N5O. The van der Waals surface area contributed by atoms with E-state index in [4.69, 9.17) is 0 Å². The van der Waals surface area contributed by atoms with E-state index in [-0.39, 0.29) is 23.2 Å². The van der Waals surface area contributed by atoms with E-state index in [9.17, 15) is 18.0 Å². The zero-order valence-corrected chi connectivity index (χ0v) is 17.7. The number of rotatable bonds is 5. The van der Waals surface area contributed by atoms with Crippen molar-refractivity contribution in [3.05, 3.63) is 64.7 Å². The van der Waals surface area contributed by atoms with Crippen LogP contribution < -0.4 is 4.90 Å². The summed E-state index contributed by atoms with van der Waals surface area (Å²) in [5.74, 6) is -0.206. The van der Waals surface area contributed by atoms with Crippen LogP contribution in [-0.4, -0.2) is 25.9 Å². The van der Waals surface area contributed by atoms with Crippen molar-refractivity contribution in [2.45, 2.75) is 52.4 Å². The molecule has 0 saturated heterocycles. The molecule has 1 N–H and O–H groups in total. The van der Waals surface area contributed by atoms with Gasteiger partial charge in [-0.1, -0.05) is 32.0 Å². The Morgan fingerprint density at radius 1 is 1.16 bits per heavy atom. The fourth-order valence-electron chi connectivity index (χ4n) is 4.06. The lowest BCUT2D eigenvalue weighted by atomic mass is 9.92. The van der Waals surface area contributed by atoms with Crippen LogP contribution >= 0.6 is 0 Å². The van der Waals surface area contributed by atoms with Crippen LogP contribution in [0.15, 0.2) is 36.7 Å². The van der Waals surface area contributed by atoms with E-state index in [0.29, 0.717) is 23.4 Å². The molecule has 1 unspecified atom stereocenters. The molecule has 9 heteroatoms. The summed E-state index contributed by atoms with van der Waals surface area (Å²) >= 11 is 0. The van der Waals surface area contributed by atoms with Crippen LogP contribution in [0.5, 0.6) is 0 Å². The minimum Gasteiger partial charge on any atom is -0.292 e. The maximum Gasteiger partial charge on any atom is 0.416 e. The van der Waals surface area contributed by atoms with Crippen molar-refractivity contribution in [2.75, 3.05) is 4.90 Å². The SMILES string of the molecule is CC(C)Cc1[nH]nc2c1C(c1ccccc1C(F)(F)F)N(c1cnn(C(C)C)c1)C2=O. The number of aromatic amines is 1. The number of hydrogen-bond acceptors (Lipinski definition) is 3. The summed E-state index contributed by atoms with van der Waals surface area (Å²) in [5.41, 5.74) is 1.04. The second-order valence-electron chi connectivity index (χ2n) is 8.50. The Balaban J connectivity index is 1.94. The van der Waals surface area contributed by atoms with Crippen molar-refractivity contribution in [2.24, 2.45) is 5.92 Å². The molecule has 1 aliphatic rings. The molecule has 3 aromatic rings. The van der Waals surface area contributed by atoms with Crippen LogP contribution in [0, 0.1) is 5.92 Å². The second kappa shape index (κ2) is 7.55. The molecule has 0 saturated carbocycles. The number of alkyl halides is 3. The molecule has 3 heterocycles. The van der Waals surface area contributed by atoms with Crippen LogP contribution in [0.3, 0.4) is 0 Å². The highest BCUT2D eigenvalue weighted by Gasteiger charge is 2.46. The molecule has 0 radical (unpaired) electrons. The number of halogens is 3. The largest absolute Gasteiger partial charge is 0.416 e. The maximum atomic E-state index is 13.9. The fraction of sp³-hybridized carbons (Fsp3) is 0.409. The average Bonchev–Trinajstić information content (AvgIpc) is 3.37. The van der Waals surface area contributed by atoms with Gasteiger partial charge in [-0.3, -0.25) is 19.5 Å². The average molecular weight is 431 g/mol. The van der Waals surface area contributed by atoms with E-state index in [1.165, 1.54) is 23.2 Å². The first-order valence-corrected chi connectivity index (χ1v) is 10.2. The Kier molecular flexibility index (Phi) is 5.15. The molecule has 4 rings (SSSR count). The van der Waals surface area contributed by atoms with Crippen LogP contribution in [0.25, 0.3) is 0 Å². The van der Waals surface area contributed by atoms with Gasteiger partial charge in [0, 0.05) is 23.5 Å². The van der Waals surface area contributed by atoms with Gasteiger partial charge in [-0.25, -0.2) is 0 Å². The van der Waals surface area contributed by atoms with Crippen LogP contribution in [-0.2, 0) is 12.6 Å². The number of carbonyl (C=O) groups is 1. The fourth-order valence-corrected chi connectivity index (χ4v) is 4.06. The minimum absolute atomic E-state index is 0.0193. The first-order valence-electron chi connectivity index (χ1n) is 10.2. The zero-order valence-electron chi connectivity index (χ0n) is 17.7. The molecule has 6 nitrogen and oxygen atoms in total. The summed E-state index contributed by atoms with van der Waals surface area (Å²) < 4.78 is 43.4. The Hall–Kier alpha value is -3.10. The molecule has 0 bridgehead atoms. The highest BCUT2D eigenvalue weighted by Crippen LogP contribution is 2.46. The quantitative estimate of drug-likeness (QED) is 0.607. The summed E-state index contributed by atoms with van der Waals surface area (Å²) in [7, 11) is 0. The Morgan fingerprint density at radius 3 is 2.48 bits per heavy atom. The highest BCUT2D eigenvalue weighted by molar-refractivity contribution is 6.10. The third-order valence-electron chi connectivity index (χ3n) is 5.40. The lowest BCUT2D eigenvalue weighted by molar-refractivity contribution is -0.138. The number of benzene rings is 1. The van der Waals surface area contributed by atoms with Crippen molar-refractivity contribution in [1.29, 1.82) is 0 Å². The monoisotopic (exact) mass is 431 g/mol. The van der Waals surface area contributed by atoms with Crippen molar-refractivity contribution in [3.63, 3.8) is 0 Å². The van der Waals surface area contributed by atoms with Gasteiger partial charge in [0.1, 0.15) is 0 Å². The van der Waals surface area contributed by atoms with E-state index < -0.39 is 23.7 Å². The van der Waals surface area contributed by atoms with E-state index in [1.807, 2.05) is 27.7 Å². The number of fused-ring (bicyclic) bond motifs is 1. The predicted octanol–water partition coefficient (Wildman–Crippen LogP) is 5.15. The number of amides is 1. The van der Waals surface area contributed by atoms with E-state index in [1.54, 1.807) is 16.9 Å². The number of H-pyrrole nitrogens is 1. The van der Waals surface area contributed by atoms with Gasteiger partial charge in [0.25, 0.3) is 5.91 Å². The summed E-state index contributed by atoms with van der Waals surface area (Å²) in [6, 6.07) is 4.50. The van der Waals surface area contributed by atoms with Crippen molar-refractivity contribution in [1.82, 2.24) is 20.0 Å². The summed E-state index contributed by atoms with van der Waals surface area (Å²) in [5, 5.41) is 11.4. The van der Waals surface area contributed by atoms with E-state index >= 15 is 0 Å². The lowest BCUT2D eigenvalue weighted by Crippen LogP contribution is -2.30. The normalized spacial score (nSPS) is 16.6. The Bertz CT molecular complexity index is 1110. The summed E-state index contributed by atoms with van der Waals surface area (Å²) in [6.45, 7) is 7.89. The smallest absolute Gasteiger partial charge is 0.292 e. The van der Waals surface area contributed by atoms with Crippen LogP contribution in [0.2, 0.25) is 0 Å². The van der Waals surface area contributed by atoms with Gasteiger partial charge in [-0.2, -0.15) is 23.4 Å². The number of aromatic nitrogens is 4. The number of carbonyl (C=O) groups excluding carboxylic acids is 1.